The zero-order chi connectivity index (χ0) is 18.4. The fourth-order valence-corrected chi connectivity index (χ4v) is 2.38. The number of aliphatic carboxylic acids is 1. The lowest BCUT2D eigenvalue weighted by Crippen LogP contribution is -2.52. The van der Waals surface area contributed by atoms with E-state index in [0.29, 0.717) is 11.8 Å². The van der Waals surface area contributed by atoms with Gasteiger partial charge >= 0.3 is 17.2 Å². The Morgan fingerprint density at radius 1 is 1.09 bits per heavy atom. The summed E-state index contributed by atoms with van der Waals surface area (Å²) in [4.78, 5) is 45.6. The first kappa shape index (κ1) is 21.2. The Balaban J connectivity index is 4.75. The van der Waals surface area contributed by atoms with Crippen molar-refractivity contribution in [3.63, 3.8) is 0 Å². The van der Waals surface area contributed by atoms with Gasteiger partial charge in [0.05, 0.1) is 10.7 Å². The van der Waals surface area contributed by atoms with Crippen LogP contribution in [0.25, 0.3) is 0 Å². The first-order valence-electron chi connectivity index (χ1n) is 6.96. The smallest absolute Gasteiger partial charge is 0.370 e. The minimum atomic E-state index is -1.29. The zero-order valence-electron chi connectivity index (χ0n) is 14.0. The highest BCUT2D eigenvalue weighted by atomic mass is 32.2. The number of esters is 1. The number of hydrogen-bond donors (Lipinski definition) is 2. The van der Waals surface area contributed by atoms with Crippen molar-refractivity contribution in [3.8, 4) is 0 Å². The summed E-state index contributed by atoms with van der Waals surface area (Å²) >= 11 is 0.596. The highest BCUT2D eigenvalue weighted by Gasteiger charge is 2.39. The number of carbonyl (C=O) groups is 4. The van der Waals surface area contributed by atoms with Crippen molar-refractivity contribution in [2.24, 2.45) is 5.92 Å². The third-order valence-electron chi connectivity index (χ3n) is 2.65. The molecule has 1 amide bonds. The average molecular weight is 349 g/mol. The van der Waals surface area contributed by atoms with E-state index < -0.39 is 40.2 Å². The topological polar surface area (TPSA) is 119 Å². The van der Waals surface area contributed by atoms with Crippen LogP contribution in [0, 0.1) is 5.92 Å². The Morgan fingerprint density at radius 3 is 2.00 bits per heavy atom. The van der Waals surface area contributed by atoms with Crippen molar-refractivity contribution in [1.29, 1.82) is 0 Å². The molecule has 0 aromatic rings. The van der Waals surface area contributed by atoms with Crippen LogP contribution in [0.5, 0.6) is 0 Å². The number of thioether (sulfide) groups is 1. The second-order valence-electron chi connectivity index (χ2n) is 5.70. The molecule has 2 N–H and O–H groups in total. The number of nitrogens with one attached hydrogen (secondary N) is 1. The third kappa shape index (κ3) is 7.87. The molecular weight excluding hydrogens is 326 g/mol. The summed E-state index contributed by atoms with van der Waals surface area (Å²) < 4.78 is 8.64. The van der Waals surface area contributed by atoms with Crippen LogP contribution in [-0.2, 0) is 23.9 Å². The normalized spacial score (nSPS) is 13.9. The standard InChI is InChI=1S/C14H23NO7S/c1-7(2)12(19)21-9(4)22-13(20)23-14(5,6)10(11(17)18)15-8(3)16/h7,9-10H,1-6H3,(H,15,16)(H,17,18)/t9-,10+/m1/s1. The van der Waals surface area contributed by atoms with Crippen LogP contribution in [0.3, 0.4) is 0 Å². The molecule has 132 valence electrons. The lowest BCUT2D eigenvalue weighted by Gasteiger charge is -2.30. The molecule has 0 saturated carbocycles. The van der Waals surface area contributed by atoms with Gasteiger partial charge in [-0.1, -0.05) is 13.8 Å². The number of amides is 1. The third-order valence-corrected chi connectivity index (χ3v) is 3.68. The summed E-state index contributed by atoms with van der Waals surface area (Å²) in [6, 6.07) is -1.29. The van der Waals surface area contributed by atoms with E-state index in [-0.39, 0.29) is 5.92 Å². The summed E-state index contributed by atoms with van der Waals surface area (Å²) in [5.74, 6) is -2.68. The van der Waals surface area contributed by atoms with Gasteiger partial charge in [0, 0.05) is 13.8 Å². The molecule has 0 radical (unpaired) electrons. The minimum absolute atomic E-state index is 0.364. The van der Waals surface area contributed by atoms with Crippen molar-refractivity contribution in [2.45, 2.75) is 58.6 Å². The van der Waals surface area contributed by atoms with E-state index in [0.717, 1.165) is 0 Å². The molecule has 0 rings (SSSR count). The van der Waals surface area contributed by atoms with Crippen molar-refractivity contribution in [2.75, 3.05) is 0 Å². The molecule has 8 nitrogen and oxygen atoms in total. The molecule has 2 atom stereocenters. The van der Waals surface area contributed by atoms with Crippen LogP contribution in [0.4, 0.5) is 4.79 Å². The highest BCUT2D eigenvalue weighted by molar-refractivity contribution is 8.14. The maximum absolute atomic E-state index is 11.9. The largest absolute Gasteiger partial charge is 0.480 e. The summed E-state index contributed by atoms with van der Waals surface area (Å²) in [6.07, 6.45) is -1.09. The van der Waals surface area contributed by atoms with Crippen LogP contribution < -0.4 is 5.32 Å². The van der Waals surface area contributed by atoms with E-state index in [1.807, 2.05) is 0 Å². The lowest BCUT2D eigenvalue weighted by atomic mass is 10.0. The van der Waals surface area contributed by atoms with E-state index in [4.69, 9.17) is 9.47 Å². The number of ether oxygens (including phenoxy) is 2. The molecule has 0 aliphatic heterocycles. The van der Waals surface area contributed by atoms with Crippen molar-refractivity contribution < 1.29 is 33.8 Å². The predicted octanol–water partition coefficient (Wildman–Crippen LogP) is 1.77. The van der Waals surface area contributed by atoms with Crippen LogP contribution in [0.15, 0.2) is 0 Å². The molecule has 9 heteroatoms. The van der Waals surface area contributed by atoms with Crippen LogP contribution in [0.2, 0.25) is 0 Å². The maximum atomic E-state index is 11.9. The second kappa shape index (κ2) is 8.76. The summed E-state index contributed by atoms with van der Waals surface area (Å²) in [6.45, 7) is 8.81. The molecule has 0 spiro atoms. The molecule has 0 unspecified atom stereocenters. The minimum Gasteiger partial charge on any atom is -0.480 e. The Bertz CT molecular complexity index is 476. The summed E-state index contributed by atoms with van der Waals surface area (Å²) in [5, 5.41) is 10.6. The van der Waals surface area contributed by atoms with Gasteiger partial charge in [-0.15, -0.1) is 0 Å². The molecule has 0 bridgehead atoms. The van der Waals surface area contributed by atoms with E-state index in [2.05, 4.69) is 5.32 Å². The van der Waals surface area contributed by atoms with Gasteiger partial charge in [0.2, 0.25) is 12.2 Å². The number of carboxylic acids is 1. The van der Waals surface area contributed by atoms with Crippen molar-refractivity contribution in [1.82, 2.24) is 5.32 Å². The van der Waals surface area contributed by atoms with Gasteiger partial charge in [-0.2, -0.15) is 0 Å². The fraction of sp³-hybridized carbons (Fsp3) is 0.714. The van der Waals surface area contributed by atoms with E-state index >= 15 is 0 Å². The van der Waals surface area contributed by atoms with E-state index in [9.17, 15) is 24.3 Å². The van der Waals surface area contributed by atoms with E-state index in [1.54, 1.807) is 13.8 Å². The quantitative estimate of drug-likeness (QED) is 0.527. The Hall–Kier alpha value is -1.77. The molecule has 0 aromatic heterocycles. The predicted molar refractivity (Wildman–Crippen MR) is 83.8 cm³/mol. The first-order chi connectivity index (χ1) is 10.4. The highest BCUT2D eigenvalue weighted by Crippen LogP contribution is 2.30. The fourth-order valence-electron chi connectivity index (χ4n) is 1.49. The number of carbonyl (C=O) groups excluding carboxylic acids is 3. The number of rotatable bonds is 7. The molecule has 0 aliphatic carbocycles. The molecule has 0 aliphatic rings. The second-order valence-corrected chi connectivity index (χ2v) is 7.29. The molecule has 0 saturated heterocycles. The van der Waals surface area contributed by atoms with Gasteiger partial charge in [0.1, 0.15) is 6.04 Å². The first-order valence-corrected chi connectivity index (χ1v) is 7.78. The van der Waals surface area contributed by atoms with E-state index in [1.165, 1.54) is 27.7 Å². The molecule has 23 heavy (non-hydrogen) atoms. The van der Waals surface area contributed by atoms with Gasteiger partial charge in [-0.25, -0.2) is 9.59 Å². The van der Waals surface area contributed by atoms with Gasteiger partial charge in [-0.3, -0.25) is 9.59 Å². The van der Waals surface area contributed by atoms with Crippen molar-refractivity contribution >= 4 is 34.9 Å². The van der Waals surface area contributed by atoms with Crippen molar-refractivity contribution in [3.05, 3.63) is 0 Å². The lowest BCUT2D eigenvalue weighted by molar-refractivity contribution is -0.167. The Labute approximate surface area is 139 Å². The van der Waals surface area contributed by atoms with Gasteiger partial charge in [-0.05, 0) is 25.6 Å². The molecule has 0 aromatic carbocycles. The van der Waals surface area contributed by atoms with Crippen LogP contribution in [-0.4, -0.2) is 45.3 Å². The molecule has 0 fully saturated rings. The molecular formula is C14H23NO7S. The maximum Gasteiger partial charge on any atom is 0.370 e. The van der Waals surface area contributed by atoms with Crippen LogP contribution in [0.1, 0.15) is 41.5 Å². The van der Waals surface area contributed by atoms with Gasteiger partial charge in [0.25, 0.3) is 0 Å². The van der Waals surface area contributed by atoms with Crippen LogP contribution >= 0.6 is 11.8 Å². The zero-order valence-corrected chi connectivity index (χ0v) is 14.9. The Morgan fingerprint density at radius 2 is 1.61 bits per heavy atom. The Kier molecular flexibility index (Phi) is 8.08. The molecule has 0 heterocycles. The SMILES string of the molecule is CC(=O)N[C@@H](C(=O)O)C(C)(C)SC(=O)O[C@H](C)OC(=O)C(C)C. The summed E-state index contributed by atoms with van der Waals surface area (Å²) in [5.41, 5.74) is 0. The monoisotopic (exact) mass is 349 g/mol. The number of hydrogen-bond acceptors (Lipinski definition) is 7. The van der Waals surface area contributed by atoms with Gasteiger partial charge in [0.15, 0.2) is 0 Å². The summed E-state index contributed by atoms with van der Waals surface area (Å²) in [7, 11) is 0. The number of carboxylic acid groups (broad SMARTS) is 1. The average Bonchev–Trinajstić information content (AvgIpc) is 2.33. The van der Waals surface area contributed by atoms with Gasteiger partial charge < -0.3 is 19.9 Å².